The fraction of sp³-hybridized carbons (Fsp3) is 0.583. The standard InChI is InChI=1S/C12H19N3O2S/c1-2-6-13-11-4-3-5-12(14-11)15-7-9-18(16,17)10-8-15/h3-5H,2,6-10H2,1H3,(H,13,14). The van der Waals surface area contributed by atoms with Crippen LogP contribution >= 0.6 is 0 Å². The van der Waals surface area contributed by atoms with Gasteiger partial charge in [-0.2, -0.15) is 0 Å². The molecule has 1 fully saturated rings. The van der Waals surface area contributed by atoms with E-state index in [4.69, 9.17) is 0 Å². The van der Waals surface area contributed by atoms with Crippen molar-refractivity contribution in [3.63, 3.8) is 0 Å². The van der Waals surface area contributed by atoms with Gasteiger partial charge in [-0.05, 0) is 18.6 Å². The fourth-order valence-corrected chi connectivity index (χ4v) is 3.09. The van der Waals surface area contributed by atoms with Crippen molar-refractivity contribution in [2.24, 2.45) is 0 Å². The first-order chi connectivity index (χ1) is 8.61. The zero-order valence-corrected chi connectivity index (χ0v) is 11.4. The molecule has 1 aliphatic rings. The van der Waals surface area contributed by atoms with Gasteiger partial charge >= 0.3 is 0 Å². The number of aromatic nitrogens is 1. The van der Waals surface area contributed by atoms with E-state index in [1.54, 1.807) is 0 Å². The quantitative estimate of drug-likeness (QED) is 0.888. The lowest BCUT2D eigenvalue weighted by Crippen LogP contribution is -2.40. The topological polar surface area (TPSA) is 62.3 Å². The molecule has 100 valence electrons. The van der Waals surface area contributed by atoms with Crippen molar-refractivity contribution in [2.45, 2.75) is 13.3 Å². The zero-order valence-electron chi connectivity index (χ0n) is 10.6. The molecule has 6 heteroatoms. The maximum absolute atomic E-state index is 11.4. The molecule has 0 bridgehead atoms. The van der Waals surface area contributed by atoms with Crippen molar-refractivity contribution < 1.29 is 8.42 Å². The molecule has 1 aromatic rings. The Morgan fingerprint density at radius 2 is 2.06 bits per heavy atom. The van der Waals surface area contributed by atoms with Crippen LogP contribution in [0, 0.1) is 0 Å². The molecule has 2 rings (SSSR count). The lowest BCUT2D eigenvalue weighted by atomic mass is 10.4. The van der Waals surface area contributed by atoms with Crippen LogP contribution in [0.5, 0.6) is 0 Å². The molecule has 1 N–H and O–H groups in total. The lowest BCUT2D eigenvalue weighted by Gasteiger charge is -2.27. The number of hydrogen-bond donors (Lipinski definition) is 1. The van der Waals surface area contributed by atoms with Crippen LogP contribution < -0.4 is 10.2 Å². The molecule has 0 unspecified atom stereocenters. The highest BCUT2D eigenvalue weighted by molar-refractivity contribution is 7.91. The largest absolute Gasteiger partial charge is 0.370 e. The van der Waals surface area contributed by atoms with E-state index >= 15 is 0 Å². The van der Waals surface area contributed by atoms with Crippen LogP contribution in [-0.4, -0.2) is 44.5 Å². The monoisotopic (exact) mass is 269 g/mol. The predicted octanol–water partition coefficient (Wildman–Crippen LogP) is 1.14. The Kier molecular flexibility index (Phi) is 4.06. The van der Waals surface area contributed by atoms with Gasteiger partial charge in [0.1, 0.15) is 11.6 Å². The molecule has 18 heavy (non-hydrogen) atoms. The van der Waals surface area contributed by atoms with Gasteiger partial charge in [0.15, 0.2) is 9.84 Å². The first-order valence-corrected chi connectivity index (χ1v) is 8.09. The number of sulfone groups is 1. The summed E-state index contributed by atoms with van der Waals surface area (Å²) in [4.78, 5) is 6.53. The summed E-state index contributed by atoms with van der Waals surface area (Å²) in [6.07, 6.45) is 1.05. The van der Waals surface area contributed by atoms with Crippen LogP contribution in [0.4, 0.5) is 11.6 Å². The van der Waals surface area contributed by atoms with Crippen LogP contribution in [-0.2, 0) is 9.84 Å². The smallest absolute Gasteiger partial charge is 0.153 e. The van der Waals surface area contributed by atoms with E-state index in [0.717, 1.165) is 24.6 Å². The molecule has 0 radical (unpaired) electrons. The van der Waals surface area contributed by atoms with Crippen LogP contribution in [0.25, 0.3) is 0 Å². The van der Waals surface area contributed by atoms with Gasteiger partial charge in [-0.25, -0.2) is 13.4 Å². The molecule has 1 aliphatic heterocycles. The van der Waals surface area contributed by atoms with Gasteiger partial charge in [-0.1, -0.05) is 13.0 Å². The molecule has 0 aromatic carbocycles. The molecular formula is C12H19N3O2S. The van der Waals surface area contributed by atoms with E-state index in [9.17, 15) is 8.42 Å². The second-order valence-corrected chi connectivity index (χ2v) is 6.75. The SMILES string of the molecule is CCCNc1cccc(N2CCS(=O)(=O)CC2)n1. The van der Waals surface area contributed by atoms with Gasteiger partial charge in [-0.15, -0.1) is 0 Å². The van der Waals surface area contributed by atoms with Crippen molar-refractivity contribution in [1.29, 1.82) is 0 Å². The second-order valence-electron chi connectivity index (χ2n) is 4.45. The van der Waals surface area contributed by atoms with Crippen LogP contribution in [0.15, 0.2) is 18.2 Å². The Morgan fingerprint density at radius 1 is 1.33 bits per heavy atom. The number of hydrogen-bond acceptors (Lipinski definition) is 5. The molecule has 0 saturated carbocycles. The number of nitrogens with zero attached hydrogens (tertiary/aromatic N) is 2. The molecule has 5 nitrogen and oxygen atoms in total. The molecule has 2 heterocycles. The van der Waals surface area contributed by atoms with Gasteiger partial charge in [0.25, 0.3) is 0 Å². The normalized spacial score (nSPS) is 18.6. The minimum absolute atomic E-state index is 0.224. The summed E-state index contributed by atoms with van der Waals surface area (Å²) in [6.45, 7) is 4.07. The summed E-state index contributed by atoms with van der Waals surface area (Å²) in [6, 6.07) is 5.80. The Balaban J connectivity index is 2.05. The average Bonchev–Trinajstić information content (AvgIpc) is 2.37. The Hall–Kier alpha value is -1.30. The van der Waals surface area contributed by atoms with E-state index in [2.05, 4.69) is 17.2 Å². The third-order valence-electron chi connectivity index (χ3n) is 2.96. The maximum atomic E-state index is 11.4. The van der Waals surface area contributed by atoms with Gasteiger partial charge in [0, 0.05) is 19.6 Å². The summed E-state index contributed by atoms with van der Waals surface area (Å²) in [5.41, 5.74) is 0. The van der Waals surface area contributed by atoms with Crippen LogP contribution in [0.3, 0.4) is 0 Å². The summed E-state index contributed by atoms with van der Waals surface area (Å²) in [5.74, 6) is 2.15. The van der Waals surface area contributed by atoms with Crippen LogP contribution in [0.2, 0.25) is 0 Å². The number of rotatable bonds is 4. The molecule has 0 aliphatic carbocycles. The third-order valence-corrected chi connectivity index (χ3v) is 4.57. The highest BCUT2D eigenvalue weighted by atomic mass is 32.2. The van der Waals surface area contributed by atoms with Crippen LogP contribution in [0.1, 0.15) is 13.3 Å². The lowest BCUT2D eigenvalue weighted by molar-refractivity contribution is 0.586. The van der Waals surface area contributed by atoms with Crippen molar-refractivity contribution in [3.8, 4) is 0 Å². The Morgan fingerprint density at radius 3 is 2.72 bits per heavy atom. The fourth-order valence-electron chi connectivity index (χ4n) is 1.89. The van der Waals surface area contributed by atoms with Crippen molar-refractivity contribution in [1.82, 2.24) is 4.98 Å². The number of nitrogens with one attached hydrogen (secondary N) is 1. The first kappa shape index (κ1) is 13.1. The summed E-state index contributed by atoms with van der Waals surface area (Å²) >= 11 is 0. The predicted molar refractivity (Wildman–Crippen MR) is 73.9 cm³/mol. The Labute approximate surface area is 108 Å². The third kappa shape index (κ3) is 3.35. The highest BCUT2D eigenvalue weighted by Gasteiger charge is 2.22. The van der Waals surface area contributed by atoms with E-state index < -0.39 is 9.84 Å². The van der Waals surface area contributed by atoms with Gasteiger partial charge < -0.3 is 10.2 Å². The molecule has 0 spiro atoms. The minimum atomic E-state index is -2.83. The zero-order chi connectivity index (χ0) is 13.0. The average molecular weight is 269 g/mol. The summed E-state index contributed by atoms with van der Waals surface area (Å²) in [5, 5.41) is 3.23. The molecule has 1 saturated heterocycles. The summed E-state index contributed by atoms with van der Waals surface area (Å²) < 4.78 is 22.8. The second kappa shape index (κ2) is 5.56. The van der Waals surface area contributed by atoms with E-state index in [-0.39, 0.29) is 11.5 Å². The van der Waals surface area contributed by atoms with Gasteiger partial charge in [0.2, 0.25) is 0 Å². The van der Waals surface area contributed by atoms with E-state index in [1.807, 2.05) is 23.1 Å². The van der Waals surface area contributed by atoms with E-state index in [1.165, 1.54) is 0 Å². The van der Waals surface area contributed by atoms with Gasteiger partial charge in [0.05, 0.1) is 11.5 Å². The van der Waals surface area contributed by atoms with Crippen molar-refractivity contribution in [3.05, 3.63) is 18.2 Å². The number of pyridine rings is 1. The molecule has 0 atom stereocenters. The molecular weight excluding hydrogens is 250 g/mol. The minimum Gasteiger partial charge on any atom is -0.370 e. The van der Waals surface area contributed by atoms with Crippen molar-refractivity contribution in [2.75, 3.05) is 41.4 Å². The van der Waals surface area contributed by atoms with Gasteiger partial charge in [-0.3, -0.25) is 0 Å². The highest BCUT2D eigenvalue weighted by Crippen LogP contribution is 2.17. The summed E-state index contributed by atoms with van der Waals surface area (Å²) in [7, 11) is -2.83. The van der Waals surface area contributed by atoms with E-state index in [0.29, 0.717) is 13.1 Å². The number of anilines is 2. The maximum Gasteiger partial charge on any atom is 0.153 e. The molecule has 0 amide bonds. The van der Waals surface area contributed by atoms with Crippen molar-refractivity contribution >= 4 is 21.5 Å². The molecule has 1 aromatic heterocycles. The first-order valence-electron chi connectivity index (χ1n) is 6.27. The Bertz CT molecular complexity index is 488.